The Morgan fingerprint density at radius 1 is 1.22 bits per heavy atom. The van der Waals surface area contributed by atoms with Gasteiger partial charge in [0, 0.05) is 17.8 Å². The predicted octanol–water partition coefficient (Wildman–Crippen LogP) is 2.05. The molecule has 4 nitrogen and oxygen atoms in total. The molecule has 0 aliphatic carbocycles. The highest BCUT2D eigenvalue weighted by Gasteiger charge is 2.22. The number of benzene rings is 1. The zero-order valence-corrected chi connectivity index (χ0v) is 9.69. The monoisotopic (exact) mass is 235 g/mol. The molecule has 0 saturated carbocycles. The van der Waals surface area contributed by atoms with E-state index in [2.05, 4.69) is 32.9 Å². The van der Waals surface area contributed by atoms with Crippen LogP contribution < -0.4 is 5.12 Å². The second-order valence-corrected chi connectivity index (χ2v) is 4.29. The van der Waals surface area contributed by atoms with Gasteiger partial charge in [0.15, 0.2) is 5.84 Å². The molecule has 0 saturated heterocycles. The van der Waals surface area contributed by atoms with Crippen molar-refractivity contribution in [2.45, 2.75) is 0 Å². The van der Waals surface area contributed by atoms with E-state index >= 15 is 0 Å². The van der Waals surface area contributed by atoms with Gasteiger partial charge >= 0.3 is 0 Å². The smallest absolute Gasteiger partial charge is 0.156 e. The van der Waals surface area contributed by atoms with Crippen molar-refractivity contribution in [3.05, 3.63) is 61.0 Å². The highest BCUT2D eigenvalue weighted by molar-refractivity contribution is 5.96. The molecule has 18 heavy (non-hydrogen) atoms. The Balaban J connectivity index is 1.79. The summed E-state index contributed by atoms with van der Waals surface area (Å²) in [7, 11) is 0. The molecular weight excluding hydrogens is 224 g/mol. The van der Waals surface area contributed by atoms with Gasteiger partial charge in [0.2, 0.25) is 0 Å². The van der Waals surface area contributed by atoms with Gasteiger partial charge in [0.1, 0.15) is 6.67 Å². The number of hydrogen-bond acceptors (Lipinski definition) is 3. The maximum atomic E-state index is 4.59. The summed E-state index contributed by atoms with van der Waals surface area (Å²) in [5, 5.41) is 7.74. The van der Waals surface area contributed by atoms with Gasteiger partial charge in [-0.3, -0.25) is 0 Å². The summed E-state index contributed by atoms with van der Waals surface area (Å²) in [6.45, 7) is 0.731. The van der Waals surface area contributed by atoms with E-state index in [9.17, 15) is 0 Å². The van der Waals surface area contributed by atoms with Crippen LogP contribution in [0.3, 0.4) is 0 Å². The van der Waals surface area contributed by atoms with E-state index in [1.165, 1.54) is 5.39 Å². The number of fused-ring (bicyclic) bond motifs is 2. The lowest BCUT2D eigenvalue weighted by molar-refractivity contribution is 0.519. The van der Waals surface area contributed by atoms with Crippen LogP contribution in [0.5, 0.6) is 0 Å². The van der Waals surface area contributed by atoms with Crippen molar-refractivity contribution in [2.75, 3.05) is 11.8 Å². The Bertz CT molecular complexity index is 693. The summed E-state index contributed by atoms with van der Waals surface area (Å²) >= 11 is 0. The van der Waals surface area contributed by atoms with Crippen LogP contribution >= 0.6 is 0 Å². The zero-order valence-electron chi connectivity index (χ0n) is 9.69. The Morgan fingerprint density at radius 3 is 3.17 bits per heavy atom. The first kappa shape index (κ1) is 9.53. The third-order valence-electron chi connectivity index (χ3n) is 3.18. The summed E-state index contributed by atoms with van der Waals surface area (Å²) in [6.07, 6.45) is 10.1. The van der Waals surface area contributed by atoms with Crippen LogP contribution in [-0.2, 0) is 0 Å². The highest BCUT2D eigenvalue weighted by atomic mass is 15.8. The van der Waals surface area contributed by atoms with Gasteiger partial charge < -0.3 is 4.90 Å². The first-order valence-corrected chi connectivity index (χ1v) is 5.87. The molecular formula is C14H11N4. The summed E-state index contributed by atoms with van der Waals surface area (Å²) in [6, 6.07) is 11.2. The Hall–Kier alpha value is -2.49. The summed E-state index contributed by atoms with van der Waals surface area (Å²) in [4.78, 5) is 2.11. The van der Waals surface area contributed by atoms with Gasteiger partial charge in [-0.2, -0.15) is 5.12 Å². The first-order valence-electron chi connectivity index (χ1n) is 5.87. The van der Waals surface area contributed by atoms with Crippen molar-refractivity contribution < 1.29 is 0 Å². The first-order chi connectivity index (χ1) is 8.92. The molecule has 2 aliphatic rings. The minimum atomic E-state index is 0.731. The van der Waals surface area contributed by atoms with Gasteiger partial charge in [-0.25, -0.2) is 4.68 Å². The Labute approximate surface area is 105 Å². The molecule has 4 rings (SSSR count). The molecule has 1 aromatic carbocycles. The summed E-state index contributed by atoms with van der Waals surface area (Å²) < 4.78 is 2.05. The van der Waals surface area contributed by atoms with Gasteiger partial charge in [-0.05, 0) is 30.4 Å². The molecule has 0 atom stereocenters. The van der Waals surface area contributed by atoms with Crippen molar-refractivity contribution in [3.8, 4) is 0 Å². The van der Waals surface area contributed by atoms with E-state index in [1.54, 1.807) is 0 Å². The van der Waals surface area contributed by atoms with E-state index < -0.39 is 0 Å². The lowest BCUT2D eigenvalue weighted by atomic mass is 10.3. The SMILES string of the molecule is [c]1ccc2ccn(N3CN4C=CC=CC4=N3)c2c1. The number of nitrogens with zero attached hydrogens (tertiary/aromatic N) is 4. The van der Waals surface area contributed by atoms with Crippen LogP contribution in [0.15, 0.2) is 60.0 Å². The van der Waals surface area contributed by atoms with Crippen molar-refractivity contribution in [1.82, 2.24) is 9.58 Å². The number of amidine groups is 1. The number of hydrogen-bond donors (Lipinski definition) is 0. The number of hydrazone groups is 1. The van der Waals surface area contributed by atoms with Crippen LogP contribution in [0, 0.1) is 6.07 Å². The molecule has 0 unspecified atom stereocenters. The van der Waals surface area contributed by atoms with Gasteiger partial charge in [0.05, 0.1) is 5.52 Å². The number of rotatable bonds is 1. The minimum absolute atomic E-state index is 0.731. The molecule has 1 aromatic heterocycles. The fourth-order valence-corrected chi connectivity index (χ4v) is 2.29. The lowest BCUT2D eigenvalue weighted by Crippen LogP contribution is -2.32. The minimum Gasteiger partial charge on any atom is -0.310 e. The normalized spacial score (nSPS) is 17.4. The van der Waals surface area contributed by atoms with E-state index in [4.69, 9.17) is 0 Å². The maximum absolute atomic E-state index is 4.59. The summed E-state index contributed by atoms with van der Waals surface area (Å²) in [5.41, 5.74) is 1.12. The topological polar surface area (TPSA) is 23.8 Å². The third-order valence-corrected chi connectivity index (χ3v) is 3.18. The quantitative estimate of drug-likeness (QED) is 0.755. The molecule has 0 amide bonds. The van der Waals surface area contributed by atoms with Crippen LogP contribution in [-0.4, -0.2) is 22.1 Å². The van der Waals surface area contributed by atoms with Gasteiger partial charge in [0.25, 0.3) is 0 Å². The Kier molecular flexibility index (Phi) is 1.85. The van der Waals surface area contributed by atoms with E-state index in [1.807, 2.05) is 47.9 Å². The molecule has 3 heterocycles. The maximum Gasteiger partial charge on any atom is 0.156 e. The zero-order chi connectivity index (χ0) is 11.9. The van der Waals surface area contributed by atoms with E-state index in [0.29, 0.717) is 0 Å². The molecule has 0 fully saturated rings. The third kappa shape index (κ3) is 1.29. The fraction of sp³-hybridized carbons (Fsp3) is 0.0714. The van der Waals surface area contributed by atoms with E-state index in [0.717, 1.165) is 18.0 Å². The molecule has 1 radical (unpaired) electrons. The number of aromatic nitrogens is 1. The largest absolute Gasteiger partial charge is 0.310 e. The molecule has 4 heteroatoms. The Morgan fingerprint density at radius 2 is 2.22 bits per heavy atom. The standard InChI is InChI=1S/C14H11N4/c1-2-6-13-12(5-1)8-10-17(13)18-11-16-9-4-3-7-14(16)15-18/h1,3-10H,11H2. The number of allylic oxidation sites excluding steroid dienone is 2. The summed E-state index contributed by atoms with van der Waals surface area (Å²) in [5.74, 6) is 0.972. The van der Waals surface area contributed by atoms with Crippen molar-refractivity contribution in [2.24, 2.45) is 5.10 Å². The average Bonchev–Trinajstić information content (AvgIpc) is 3.02. The van der Waals surface area contributed by atoms with Gasteiger partial charge in [-0.1, -0.05) is 18.2 Å². The van der Waals surface area contributed by atoms with Crippen LogP contribution in [0.25, 0.3) is 10.9 Å². The van der Waals surface area contributed by atoms with Crippen molar-refractivity contribution in [3.63, 3.8) is 0 Å². The fourth-order valence-electron chi connectivity index (χ4n) is 2.29. The van der Waals surface area contributed by atoms with Gasteiger partial charge in [-0.15, -0.1) is 5.10 Å². The van der Waals surface area contributed by atoms with Crippen LogP contribution in [0.1, 0.15) is 0 Å². The van der Waals surface area contributed by atoms with Crippen molar-refractivity contribution >= 4 is 16.7 Å². The molecule has 87 valence electrons. The second kappa shape index (κ2) is 3.50. The second-order valence-electron chi connectivity index (χ2n) is 4.29. The molecule has 2 aliphatic heterocycles. The van der Waals surface area contributed by atoms with Crippen LogP contribution in [0.4, 0.5) is 0 Å². The lowest BCUT2D eigenvalue weighted by Gasteiger charge is -2.19. The molecule has 0 N–H and O–H groups in total. The van der Waals surface area contributed by atoms with Crippen LogP contribution in [0.2, 0.25) is 0 Å². The molecule has 0 spiro atoms. The van der Waals surface area contributed by atoms with Crippen molar-refractivity contribution in [1.29, 1.82) is 0 Å². The highest BCUT2D eigenvalue weighted by Crippen LogP contribution is 2.19. The average molecular weight is 235 g/mol. The predicted molar refractivity (Wildman–Crippen MR) is 71.4 cm³/mol. The molecule has 2 aromatic rings. The molecule has 0 bridgehead atoms. The van der Waals surface area contributed by atoms with E-state index in [-0.39, 0.29) is 0 Å².